The summed E-state index contributed by atoms with van der Waals surface area (Å²) < 4.78 is 57.3. The Morgan fingerprint density at radius 1 is 0.969 bits per heavy atom. The van der Waals surface area contributed by atoms with Crippen molar-refractivity contribution in [2.24, 2.45) is 7.05 Å². The van der Waals surface area contributed by atoms with Crippen molar-refractivity contribution in [2.75, 3.05) is 9.44 Å². The molecular weight excluding hydrogens is 472 g/mol. The van der Waals surface area contributed by atoms with Crippen LogP contribution in [0.15, 0.2) is 70.0 Å². The molecule has 0 fully saturated rings. The quantitative estimate of drug-likeness (QED) is 0.406. The first-order chi connectivity index (χ1) is 15.1. The predicted molar refractivity (Wildman–Crippen MR) is 121 cm³/mol. The summed E-state index contributed by atoms with van der Waals surface area (Å²) in [5.41, 5.74) is 1.16. The molecule has 4 aromatic rings. The van der Waals surface area contributed by atoms with E-state index in [9.17, 15) is 16.8 Å². The molecule has 3 aromatic heterocycles. The van der Waals surface area contributed by atoms with Gasteiger partial charge in [-0.15, -0.1) is 11.3 Å². The molecule has 0 atom stereocenters. The molecular formula is C19H18N6O4S3. The molecule has 0 saturated heterocycles. The second-order valence-electron chi connectivity index (χ2n) is 6.75. The van der Waals surface area contributed by atoms with Crippen molar-refractivity contribution in [3.63, 3.8) is 0 Å². The van der Waals surface area contributed by atoms with Crippen LogP contribution >= 0.6 is 11.3 Å². The van der Waals surface area contributed by atoms with Crippen molar-refractivity contribution in [3.8, 4) is 10.6 Å². The highest BCUT2D eigenvalue weighted by Crippen LogP contribution is 2.30. The molecule has 0 amide bonds. The van der Waals surface area contributed by atoms with Gasteiger partial charge >= 0.3 is 0 Å². The number of hydrogen-bond donors (Lipinski definition) is 2. The molecule has 0 radical (unpaired) electrons. The van der Waals surface area contributed by atoms with E-state index in [1.165, 1.54) is 52.7 Å². The van der Waals surface area contributed by atoms with E-state index in [-0.39, 0.29) is 21.4 Å². The van der Waals surface area contributed by atoms with Crippen LogP contribution < -0.4 is 9.44 Å². The third-order valence-electron chi connectivity index (χ3n) is 4.28. The van der Waals surface area contributed by atoms with Gasteiger partial charge < -0.3 is 0 Å². The normalized spacial score (nSPS) is 11.9. The van der Waals surface area contributed by atoms with Gasteiger partial charge in [-0.3, -0.25) is 9.40 Å². The first-order valence-electron chi connectivity index (χ1n) is 9.17. The molecule has 0 aliphatic rings. The minimum absolute atomic E-state index is 0.0254. The van der Waals surface area contributed by atoms with Crippen LogP contribution in [0, 0.1) is 6.92 Å². The molecule has 0 spiro atoms. The minimum Gasteiger partial charge on any atom is -0.280 e. The van der Waals surface area contributed by atoms with Gasteiger partial charge in [-0.05, 0) is 48.7 Å². The maximum Gasteiger partial charge on any atom is 0.265 e. The standard InChI is InChI=1S/C19H18N6O4S3/c1-13-9-10-20-19(21-13)24-31(26,27)15-7-5-14(6-8-15)23-32(28,29)17-12-25(2)22-18(17)16-4-3-11-30-16/h3-12,23H,1-2H3,(H,20,21,24). The van der Waals surface area contributed by atoms with Gasteiger partial charge in [0.2, 0.25) is 5.95 Å². The van der Waals surface area contributed by atoms with Gasteiger partial charge in [-0.1, -0.05) is 6.07 Å². The van der Waals surface area contributed by atoms with E-state index in [4.69, 9.17) is 0 Å². The SMILES string of the molecule is Cc1ccnc(NS(=O)(=O)c2ccc(NS(=O)(=O)c3cn(C)nc3-c3cccs3)cc2)n1. The number of thiophene rings is 1. The van der Waals surface area contributed by atoms with Crippen LogP contribution in [0.3, 0.4) is 0 Å². The first-order valence-corrected chi connectivity index (χ1v) is 13.0. The topological polar surface area (TPSA) is 136 Å². The van der Waals surface area contributed by atoms with Crippen LogP contribution in [0.1, 0.15) is 5.69 Å². The van der Waals surface area contributed by atoms with Gasteiger partial charge in [-0.25, -0.2) is 31.5 Å². The molecule has 10 nitrogen and oxygen atoms in total. The van der Waals surface area contributed by atoms with E-state index in [0.717, 1.165) is 4.88 Å². The fourth-order valence-electron chi connectivity index (χ4n) is 2.84. The van der Waals surface area contributed by atoms with E-state index in [1.54, 1.807) is 26.1 Å². The average Bonchev–Trinajstić information content (AvgIpc) is 3.37. The number of sulfonamides is 2. The molecule has 13 heteroatoms. The Morgan fingerprint density at radius 3 is 2.38 bits per heavy atom. The summed E-state index contributed by atoms with van der Waals surface area (Å²) in [6.07, 6.45) is 2.86. The lowest BCUT2D eigenvalue weighted by Gasteiger charge is -2.10. The van der Waals surface area contributed by atoms with Gasteiger partial charge in [-0.2, -0.15) is 5.10 Å². The van der Waals surface area contributed by atoms with Crippen LogP contribution in [-0.4, -0.2) is 36.6 Å². The maximum absolute atomic E-state index is 13.0. The highest BCUT2D eigenvalue weighted by molar-refractivity contribution is 7.93. The smallest absolute Gasteiger partial charge is 0.265 e. The van der Waals surface area contributed by atoms with Crippen molar-refractivity contribution in [1.82, 2.24) is 19.7 Å². The predicted octanol–water partition coefficient (Wildman–Crippen LogP) is 2.85. The van der Waals surface area contributed by atoms with Crippen molar-refractivity contribution in [1.29, 1.82) is 0 Å². The number of anilines is 2. The number of benzene rings is 1. The lowest BCUT2D eigenvalue weighted by molar-refractivity contribution is 0.599. The minimum atomic E-state index is -3.96. The number of aryl methyl sites for hydroxylation is 2. The first kappa shape index (κ1) is 21.9. The monoisotopic (exact) mass is 490 g/mol. The Bertz CT molecular complexity index is 1460. The zero-order valence-electron chi connectivity index (χ0n) is 16.9. The summed E-state index contributed by atoms with van der Waals surface area (Å²) in [4.78, 5) is 8.58. The molecule has 0 unspecified atom stereocenters. The van der Waals surface area contributed by atoms with E-state index >= 15 is 0 Å². The second kappa shape index (κ2) is 8.33. The van der Waals surface area contributed by atoms with E-state index in [2.05, 4.69) is 24.5 Å². The van der Waals surface area contributed by atoms with Gasteiger partial charge in [0, 0.05) is 30.8 Å². The Hall–Kier alpha value is -3.29. The molecule has 0 saturated carbocycles. The summed E-state index contributed by atoms with van der Waals surface area (Å²) in [7, 11) is -6.26. The Morgan fingerprint density at radius 2 is 1.72 bits per heavy atom. The van der Waals surface area contributed by atoms with Gasteiger partial charge in [0.1, 0.15) is 10.6 Å². The van der Waals surface area contributed by atoms with Gasteiger partial charge in [0.25, 0.3) is 20.0 Å². The largest absolute Gasteiger partial charge is 0.280 e. The molecule has 1 aromatic carbocycles. The molecule has 166 valence electrons. The second-order valence-corrected chi connectivity index (χ2v) is 11.0. The Labute approximate surface area is 189 Å². The Kier molecular flexibility index (Phi) is 5.71. The van der Waals surface area contributed by atoms with Crippen LogP contribution in [0.5, 0.6) is 0 Å². The molecule has 0 bridgehead atoms. The van der Waals surface area contributed by atoms with E-state index < -0.39 is 20.0 Å². The summed E-state index contributed by atoms with van der Waals surface area (Å²) in [5, 5.41) is 6.10. The van der Waals surface area contributed by atoms with Gasteiger partial charge in [0.15, 0.2) is 0 Å². The Balaban J connectivity index is 1.56. The zero-order valence-corrected chi connectivity index (χ0v) is 19.4. The third-order valence-corrected chi connectivity index (χ3v) is 7.88. The summed E-state index contributed by atoms with van der Waals surface area (Å²) in [6.45, 7) is 1.71. The molecule has 3 heterocycles. The summed E-state index contributed by atoms with van der Waals surface area (Å²) >= 11 is 1.38. The van der Waals surface area contributed by atoms with Crippen LogP contribution in [0.25, 0.3) is 10.6 Å². The van der Waals surface area contributed by atoms with Crippen molar-refractivity contribution < 1.29 is 16.8 Å². The number of hydrogen-bond acceptors (Lipinski definition) is 8. The van der Waals surface area contributed by atoms with Crippen molar-refractivity contribution >= 4 is 43.0 Å². The van der Waals surface area contributed by atoms with Crippen molar-refractivity contribution in [3.05, 3.63) is 65.9 Å². The fourth-order valence-corrected chi connectivity index (χ4v) is 5.83. The van der Waals surface area contributed by atoms with Crippen LogP contribution in [-0.2, 0) is 27.1 Å². The zero-order chi connectivity index (χ0) is 22.9. The number of nitrogens with zero attached hydrogens (tertiary/aromatic N) is 4. The van der Waals surface area contributed by atoms with E-state index in [0.29, 0.717) is 11.4 Å². The van der Waals surface area contributed by atoms with Crippen LogP contribution in [0.4, 0.5) is 11.6 Å². The average molecular weight is 491 g/mol. The highest BCUT2D eigenvalue weighted by Gasteiger charge is 2.24. The highest BCUT2D eigenvalue weighted by atomic mass is 32.2. The summed E-state index contributed by atoms with van der Waals surface area (Å²) in [6, 6.07) is 10.6. The summed E-state index contributed by atoms with van der Waals surface area (Å²) in [5.74, 6) is -0.0486. The fraction of sp³-hybridized carbons (Fsp3) is 0.105. The molecule has 2 N–H and O–H groups in total. The number of nitrogens with one attached hydrogen (secondary N) is 2. The van der Waals surface area contributed by atoms with E-state index in [1.807, 2.05) is 11.4 Å². The van der Waals surface area contributed by atoms with Gasteiger partial charge in [0.05, 0.1) is 9.77 Å². The number of aromatic nitrogens is 4. The third kappa shape index (κ3) is 4.64. The lowest BCUT2D eigenvalue weighted by atomic mass is 10.3. The molecule has 0 aliphatic heterocycles. The van der Waals surface area contributed by atoms with Crippen molar-refractivity contribution in [2.45, 2.75) is 16.7 Å². The molecule has 0 aliphatic carbocycles. The van der Waals surface area contributed by atoms with Crippen LogP contribution in [0.2, 0.25) is 0 Å². The molecule has 4 rings (SSSR count). The maximum atomic E-state index is 13.0. The molecule has 32 heavy (non-hydrogen) atoms. The number of rotatable bonds is 7. The lowest BCUT2D eigenvalue weighted by Crippen LogP contribution is -2.16.